The Labute approximate surface area is 85.7 Å². The van der Waals surface area contributed by atoms with Gasteiger partial charge >= 0.3 is 0 Å². The normalized spacial score (nSPS) is 28.6. The Morgan fingerprint density at radius 3 is 2.93 bits per heavy atom. The summed E-state index contributed by atoms with van der Waals surface area (Å²) in [6, 6.07) is 4.78. The maximum atomic E-state index is 5.49. The number of hydrogen-bond donors (Lipinski definition) is 1. The predicted molar refractivity (Wildman–Crippen MR) is 57.4 cm³/mol. The van der Waals surface area contributed by atoms with E-state index in [2.05, 4.69) is 18.4 Å². The van der Waals surface area contributed by atoms with E-state index < -0.39 is 0 Å². The lowest BCUT2D eigenvalue weighted by Crippen LogP contribution is -2.25. The summed E-state index contributed by atoms with van der Waals surface area (Å²) < 4.78 is 5.49. The Hall–Kier alpha value is -0.760. The summed E-state index contributed by atoms with van der Waals surface area (Å²) in [6.45, 7) is 0. The summed E-state index contributed by atoms with van der Waals surface area (Å²) in [5, 5.41) is 3.39. The summed E-state index contributed by atoms with van der Waals surface area (Å²) in [6.07, 6.45) is 8.30. The monoisotopic (exact) mass is 193 g/mol. The second kappa shape index (κ2) is 4.65. The molecule has 0 saturated heterocycles. The first-order valence-electron chi connectivity index (χ1n) is 5.61. The van der Waals surface area contributed by atoms with Crippen LogP contribution in [0.15, 0.2) is 22.8 Å². The molecule has 1 aromatic heterocycles. The van der Waals surface area contributed by atoms with Gasteiger partial charge < -0.3 is 9.73 Å². The Balaban J connectivity index is 2.03. The lowest BCUT2D eigenvalue weighted by atomic mass is 9.95. The van der Waals surface area contributed by atoms with Crippen LogP contribution in [-0.2, 0) is 0 Å². The topological polar surface area (TPSA) is 25.2 Å². The Morgan fingerprint density at radius 1 is 1.36 bits per heavy atom. The number of nitrogens with one attached hydrogen (secondary N) is 1. The summed E-state index contributed by atoms with van der Waals surface area (Å²) in [5.41, 5.74) is 0. The molecule has 0 aromatic carbocycles. The highest BCUT2D eigenvalue weighted by Gasteiger charge is 2.21. The molecular formula is C12H19NO. The molecule has 2 unspecified atom stereocenters. The maximum Gasteiger partial charge on any atom is 0.106 e. The van der Waals surface area contributed by atoms with E-state index in [4.69, 9.17) is 4.42 Å². The third-order valence-electron chi connectivity index (χ3n) is 3.28. The van der Waals surface area contributed by atoms with Gasteiger partial charge in [0.25, 0.3) is 0 Å². The molecule has 1 N–H and O–H groups in total. The number of hydrogen-bond acceptors (Lipinski definition) is 2. The van der Waals surface area contributed by atoms with Crippen LogP contribution in [0.1, 0.15) is 43.8 Å². The minimum absolute atomic E-state index is 0.630. The first-order valence-corrected chi connectivity index (χ1v) is 5.61. The molecule has 0 spiro atoms. The van der Waals surface area contributed by atoms with E-state index in [1.165, 1.54) is 37.9 Å². The average molecular weight is 193 g/mol. The van der Waals surface area contributed by atoms with E-state index in [0.717, 1.165) is 0 Å². The van der Waals surface area contributed by atoms with Gasteiger partial charge in [0.2, 0.25) is 0 Å². The van der Waals surface area contributed by atoms with Gasteiger partial charge in [-0.1, -0.05) is 12.8 Å². The van der Waals surface area contributed by atoms with Gasteiger partial charge in [0.1, 0.15) is 5.76 Å². The molecule has 0 amide bonds. The molecule has 1 fully saturated rings. The molecule has 0 aliphatic heterocycles. The second-order valence-electron chi connectivity index (χ2n) is 4.22. The molecule has 1 heterocycles. The van der Waals surface area contributed by atoms with Crippen LogP contribution in [0.25, 0.3) is 0 Å². The second-order valence-corrected chi connectivity index (χ2v) is 4.22. The van der Waals surface area contributed by atoms with E-state index in [-0.39, 0.29) is 0 Å². The fourth-order valence-electron chi connectivity index (χ4n) is 2.40. The van der Waals surface area contributed by atoms with E-state index >= 15 is 0 Å². The van der Waals surface area contributed by atoms with Gasteiger partial charge in [0, 0.05) is 12.0 Å². The quantitative estimate of drug-likeness (QED) is 0.730. The van der Waals surface area contributed by atoms with Gasteiger partial charge in [-0.3, -0.25) is 0 Å². The van der Waals surface area contributed by atoms with E-state index in [1.54, 1.807) is 6.26 Å². The molecule has 14 heavy (non-hydrogen) atoms. The molecule has 2 rings (SSSR count). The summed E-state index contributed by atoms with van der Waals surface area (Å²) in [7, 11) is 2.06. The zero-order chi connectivity index (χ0) is 9.80. The smallest absolute Gasteiger partial charge is 0.106 e. The standard InChI is InChI=1S/C12H19NO/c1-13-11-6-3-2-5-10(9-11)12-7-4-8-14-12/h4,7-8,10-11,13H,2-3,5-6,9H2,1H3. The van der Waals surface area contributed by atoms with Crippen molar-refractivity contribution in [3.63, 3.8) is 0 Å². The summed E-state index contributed by atoms with van der Waals surface area (Å²) in [5.74, 6) is 1.80. The third kappa shape index (κ3) is 2.18. The van der Waals surface area contributed by atoms with Crippen LogP contribution in [0, 0.1) is 0 Å². The highest BCUT2D eigenvalue weighted by atomic mass is 16.3. The summed E-state index contributed by atoms with van der Waals surface area (Å²) in [4.78, 5) is 0. The van der Waals surface area contributed by atoms with Gasteiger partial charge in [-0.2, -0.15) is 0 Å². The molecule has 0 bridgehead atoms. The fraction of sp³-hybridized carbons (Fsp3) is 0.667. The zero-order valence-corrected chi connectivity index (χ0v) is 8.83. The minimum atomic E-state index is 0.630. The van der Waals surface area contributed by atoms with Crippen LogP contribution < -0.4 is 5.32 Å². The van der Waals surface area contributed by atoms with Crippen LogP contribution in [0.5, 0.6) is 0 Å². The highest BCUT2D eigenvalue weighted by Crippen LogP contribution is 2.31. The molecule has 78 valence electrons. The molecule has 2 atom stereocenters. The minimum Gasteiger partial charge on any atom is -0.469 e. The highest BCUT2D eigenvalue weighted by molar-refractivity contribution is 5.06. The van der Waals surface area contributed by atoms with Crippen LogP contribution in [0.2, 0.25) is 0 Å². The van der Waals surface area contributed by atoms with Crippen LogP contribution >= 0.6 is 0 Å². The van der Waals surface area contributed by atoms with Crippen molar-refractivity contribution in [3.05, 3.63) is 24.2 Å². The van der Waals surface area contributed by atoms with Crippen molar-refractivity contribution < 1.29 is 4.42 Å². The number of rotatable bonds is 2. The van der Waals surface area contributed by atoms with E-state index in [9.17, 15) is 0 Å². The Kier molecular flexibility index (Phi) is 3.25. The molecule has 1 aliphatic rings. The molecule has 1 aliphatic carbocycles. The van der Waals surface area contributed by atoms with Gasteiger partial charge in [0.15, 0.2) is 0 Å². The van der Waals surface area contributed by atoms with Gasteiger partial charge in [-0.25, -0.2) is 0 Å². The molecule has 1 saturated carbocycles. The lowest BCUT2D eigenvalue weighted by Gasteiger charge is -2.17. The van der Waals surface area contributed by atoms with Crippen LogP contribution in [0.3, 0.4) is 0 Å². The maximum absolute atomic E-state index is 5.49. The van der Waals surface area contributed by atoms with Crippen LogP contribution in [0.4, 0.5) is 0 Å². The first kappa shape index (κ1) is 9.78. The largest absolute Gasteiger partial charge is 0.469 e. The first-order chi connectivity index (χ1) is 6.90. The van der Waals surface area contributed by atoms with Crippen LogP contribution in [-0.4, -0.2) is 13.1 Å². The van der Waals surface area contributed by atoms with Crippen molar-refractivity contribution in [2.45, 2.75) is 44.1 Å². The van der Waals surface area contributed by atoms with Gasteiger partial charge in [0.05, 0.1) is 6.26 Å². The summed E-state index contributed by atoms with van der Waals surface area (Å²) >= 11 is 0. The zero-order valence-electron chi connectivity index (χ0n) is 8.83. The molecule has 1 aromatic rings. The average Bonchev–Trinajstić information content (AvgIpc) is 2.63. The van der Waals surface area contributed by atoms with Crippen molar-refractivity contribution >= 4 is 0 Å². The van der Waals surface area contributed by atoms with Crippen molar-refractivity contribution in [2.24, 2.45) is 0 Å². The molecular weight excluding hydrogens is 174 g/mol. The van der Waals surface area contributed by atoms with E-state index in [1.807, 2.05) is 6.07 Å². The SMILES string of the molecule is CNC1CCCCC(c2ccco2)C1. The lowest BCUT2D eigenvalue weighted by molar-refractivity contribution is 0.404. The third-order valence-corrected chi connectivity index (χ3v) is 3.28. The van der Waals surface area contributed by atoms with Crippen molar-refractivity contribution in [2.75, 3.05) is 7.05 Å². The van der Waals surface area contributed by atoms with E-state index in [0.29, 0.717) is 12.0 Å². The van der Waals surface area contributed by atoms with Crippen molar-refractivity contribution in [1.29, 1.82) is 0 Å². The Bertz CT molecular complexity index is 255. The van der Waals surface area contributed by atoms with Crippen molar-refractivity contribution in [1.82, 2.24) is 5.32 Å². The molecule has 2 nitrogen and oxygen atoms in total. The number of furan rings is 1. The van der Waals surface area contributed by atoms with Gasteiger partial charge in [-0.15, -0.1) is 0 Å². The van der Waals surface area contributed by atoms with Crippen molar-refractivity contribution in [3.8, 4) is 0 Å². The Morgan fingerprint density at radius 2 is 2.21 bits per heavy atom. The fourth-order valence-corrected chi connectivity index (χ4v) is 2.40. The predicted octanol–water partition coefficient (Wildman–Crippen LogP) is 2.92. The molecule has 0 radical (unpaired) electrons. The van der Waals surface area contributed by atoms with Gasteiger partial charge in [-0.05, 0) is 38.4 Å². The molecule has 2 heteroatoms.